The van der Waals surface area contributed by atoms with Crippen molar-refractivity contribution < 1.29 is 23.7 Å². The molecule has 5 heteroatoms. The molecule has 34 heavy (non-hydrogen) atoms. The van der Waals surface area contributed by atoms with Gasteiger partial charge in [0, 0.05) is 11.1 Å². The summed E-state index contributed by atoms with van der Waals surface area (Å²) in [6.07, 6.45) is 7.51. The summed E-state index contributed by atoms with van der Waals surface area (Å²) in [6.45, 7) is 12.5. The van der Waals surface area contributed by atoms with E-state index in [1.165, 1.54) is 0 Å². The predicted octanol–water partition coefficient (Wildman–Crippen LogP) is 7.30. The van der Waals surface area contributed by atoms with Crippen LogP contribution in [0.5, 0.6) is 23.0 Å². The monoisotopic (exact) mass is 468 g/mol. The Labute approximate surface area is 205 Å². The molecule has 2 aromatic rings. The van der Waals surface area contributed by atoms with E-state index in [1.807, 2.05) is 30.3 Å². The smallest absolute Gasteiger partial charge is 0.204 e. The van der Waals surface area contributed by atoms with E-state index < -0.39 is 0 Å². The van der Waals surface area contributed by atoms with Crippen LogP contribution in [0.25, 0.3) is 6.08 Å². The second-order valence-electron chi connectivity index (χ2n) is 8.02. The van der Waals surface area contributed by atoms with Gasteiger partial charge in [-0.05, 0) is 44.3 Å². The van der Waals surface area contributed by atoms with Gasteiger partial charge in [0.2, 0.25) is 5.75 Å². The van der Waals surface area contributed by atoms with E-state index in [-0.39, 0.29) is 5.78 Å². The highest BCUT2D eigenvalue weighted by Crippen LogP contribution is 2.50. The van der Waals surface area contributed by atoms with E-state index in [2.05, 4.69) is 34.6 Å². The van der Waals surface area contributed by atoms with Crippen molar-refractivity contribution in [3.63, 3.8) is 0 Å². The Morgan fingerprint density at radius 2 is 1.18 bits per heavy atom. The van der Waals surface area contributed by atoms with Crippen LogP contribution in [-0.4, -0.2) is 32.2 Å². The molecule has 0 unspecified atom stereocenters. The lowest BCUT2D eigenvalue weighted by atomic mass is 10.0. The average Bonchev–Trinajstić information content (AvgIpc) is 2.87. The van der Waals surface area contributed by atoms with Gasteiger partial charge in [0.15, 0.2) is 17.3 Å². The minimum Gasteiger partial charge on any atom is -0.492 e. The Hall–Kier alpha value is -2.95. The molecule has 0 fully saturated rings. The van der Waals surface area contributed by atoms with Crippen molar-refractivity contribution in [1.82, 2.24) is 0 Å². The number of hydrogen-bond donors (Lipinski definition) is 0. The summed E-state index contributed by atoms with van der Waals surface area (Å²) in [6, 6.07) is 9.24. The molecule has 5 nitrogen and oxygen atoms in total. The fourth-order valence-electron chi connectivity index (χ4n) is 3.47. The SMILES string of the molecule is CCCOc1c(C=CC(=O)c2ccccc2)c(OCCC)c(OCCC)c(OCCC)c1CC. The maximum Gasteiger partial charge on any atom is 0.204 e. The van der Waals surface area contributed by atoms with Crippen molar-refractivity contribution in [2.75, 3.05) is 26.4 Å². The second kappa shape index (κ2) is 15.0. The normalized spacial score (nSPS) is 11.0. The number of ether oxygens (including phenoxy) is 4. The van der Waals surface area contributed by atoms with Crippen molar-refractivity contribution in [2.24, 2.45) is 0 Å². The molecule has 2 rings (SSSR count). The zero-order valence-corrected chi connectivity index (χ0v) is 21.4. The molecule has 0 saturated carbocycles. The van der Waals surface area contributed by atoms with Crippen molar-refractivity contribution in [1.29, 1.82) is 0 Å². The minimum absolute atomic E-state index is 0.0798. The van der Waals surface area contributed by atoms with Crippen LogP contribution in [0.2, 0.25) is 0 Å². The summed E-state index contributed by atoms with van der Waals surface area (Å²) >= 11 is 0. The summed E-state index contributed by atoms with van der Waals surface area (Å²) in [5, 5.41) is 0. The largest absolute Gasteiger partial charge is 0.492 e. The third kappa shape index (κ3) is 7.28. The molecular weight excluding hydrogens is 428 g/mol. The maximum atomic E-state index is 12.9. The fraction of sp³-hybridized carbons (Fsp3) is 0.483. The number of carbonyl (C=O) groups excluding carboxylic acids is 1. The maximum absolute atomic E-state index is 12.9. The number of benzene rings is 2. The van der Waals surface area contributed by atoms with Crippen LogP contribution in [-0.2, 0) is 6.42 Å². The molecule has 0 radical (unpaired) electrons. The van der Waals surface area contributed by atoms with Gasteiger partial charge < -0.3 is 18.9 Å². The highest BCUT2D eigenvalue weighted by atomic mass is 16.5. The highest BCUT2D eigenvalue weighted by Gasteiger charge is 2.27. The molecule has 2 aromatic carbocycles. The third-order valence-electron chi connectivity index (χ3n) is 5.07. The molecule has 0 aliphatic heterocycles. The molecule has 0 amide bonds. The summed E-state index contributed by atoms with van der Waals surface area (Å²) in [4.78, 5) is 12.9. The number of ketones is 1. The first-order valence-corrected chi connectivity index (χ1v) is 12.6. The topological polar surface area (TPSA) is 54.0 Å². The van der Waals surface area contributed by atoms with E-state index in [4.69, 9.17) is 18.9 Å². The Balaban J connectivity index is 2.74. The van der Waals surface area contributed by atoms with Gasteiger partial charge in [-0.15, -0.1) is 0 Å². The number of allylic oxidation sites excluding steroid dienone is 1. The Kier molecular flexibility index (Phi) is 12.1. The van der Waals surface area contributed by atoms with Crippen LogP contribution in [0.1, 0.15) is 81.8 Å². The lowest BCUT2D eigenvalue weighted by Crippen LogP contribution is -2.11. The minimum atomic E-state index is -0.0798. The van der Waals surface area contributed by atoms with Crippen LogP contribution < -0.4 is 18.9 Å². The molecule has 0 heterocycles. The van der Waals surface area contributed by atoms with Crippen LogP contribution in [0.15, 0.2) is 36.4 Å². The summed E-state index contributed by atoms with van der Waals surface area (Å²) in [5.74, 6) is 2.46. The molecular formula is C29H40O5. The first-order valence-electron chi connectivity index (χ1n) is 12.6. The Morgan fingerprint density at radius 3 is 1.71 bits per heavy atom. The Morgan fingerprint density at radius 1 is 0.676 bits per heavy atom. The third-order valence-corrected chi connectivity index (χ3v) is 5.07. The van der Waals surface area contributed by atoms with Gasteiger partial charge in [0.1, 0.15) is 5.75 Å². The van der Waals surface area contributed by atoms with Gasteiger partial charge in [0.05, 0.1) is 32.0 Å². The van der Waals surface area contributed by atoms with Gasteiger partial charge >= 0.3 is 0 Å². The van der Waals surface area contributed by atoms with Crippen molar-refractivity contribution in [3.05, 3.63) is 53.1 Å². The molecule has 186 valence electrons. The summed E-state index contributed by atoms with van der Waals surface area (Å²) in [7, 11) is 0. The molecule has 0 saturated heterocycles. The number of carbonyl (C=O) groups is 1. The average molecular weight is 469 g/mol. The molecule has 0 atom stereocenters. The second-order valence-corrected chi connectivity index (χ2v) is 8.02. The molecule has 0 bridgehead atoms. The van der Waals surface area contributed by atoms with Gasteiger partial charge in [-0.1, -0.05) is 65.0 Å². The fourth-order valence-corrected chi connectivity index (χ4v) is 3.47. The molecule has 0 aromatic heterocycles. The van der Waals surface area contributed by atoms with E-state index in [0.717, 1.165) is 36.8 Å². The lowest BCUT2D eigenvalue weighted by molar-refractivity contribution is 0.104. The van der Waals surface area contributed by atoms with Crippen molar-refractivity contribution in [2.45, 2.75) is 66.7 Å². The van der Waals surface area contributed by atoms with Crippen LogP contribution >= 0.6 is 0 Å². The lowest BCUT2D eigenvalue weighted by Gasteiger charge is -2.24. The standard InChI is InChI=1S/C29H40O5/c1-6-18-31-26-23(10-5)27(32-19-7-2)29(34-21-9-4)28(33-20-8-3)24(26)16-17-25(30)22-14-12-11-13-15-22/h11-17H,6-10,18-21H2,1-5H3. The van der Waals surface area contributed by atoms with Crippen LogP contribution in [0, 0.1) is 0 Å². The predicted molar refractivity (Wildman–Crippen MR) is 139 cm³/mol. The van der Waals surface area contributed by atoms with E-state index in [0.29, 0.717) is 61.4 Å². The molecule has 0 aliphatic carbocycles. The van der Waals surface area contributed by atoms with E-state index >= 15 is 0 Å². The zero-order valence-electron chi connectivity index (χ0n) is 21.4. The van der Waals surface area contributed by atoms with Crippen molar-refractivity contribution in [3.8, 4) is 23.0 Å². The van der Waals surface area contributed by atoms with Crippen LogP contribution in [0.3, 0.4) is 0 Å². The highest BCUT2D eigenvalue weighted by molar-refractivity contribution is 6.07. The van der Waals surface area contributed by atoms with Gasteiger partial charge in [-0.2, -0.15) is 0 Å². The number of hydrogen-bond acceptors (Lipinski definition) is 5. The molecule has 0 aliphatic rings. The van der Waals surface area contributed by atoms with Gasteiger partial charge in [0.25, 0.3) is 0 Å². The van der Waals surface area contributed by atoms with E-state index in [1.54, 1.807) is 12.2 Å². The van der Waals surface area contributed by atoms with E-state index in [9.17, 15) is 4.79 Å². The molecule has 0 N–H and O–H groups in total. The Bertz CT molecular complexity index is 918. The first-order chi connectivity index (χ1) is 16.6. The van der Waals surface area contributed by atoms with Gasteiger partial charge in [-0.25, -0.2) is 0 Å². The summed E-state index contributed by atoms with van der Waals surface area (Å²) < 4.78 is 25.0. The van der Waals surface area contributed by atoms with Gasteiger partial charge in [-0.3, -0.25) is 4.79 Å². The molecule has 0 spiro atoms. The zero-order chi connectivity index (χ0) is 24.8. The first kappa shape index (κ1) is 27.3. The van der Waals surface area contributed by atoms with Crippen molar-refractivity contribution >= 4 is 11.9 Å². The summed E-state index contributed by atoms with van der Waals surface area (Å²) in [5.41, 5.74) is 2.29. The van der Waals surface area contributed by atoms with Crippen LogP contribution in [0.4, 0.5) is 0 Å². The number of rotatable bonds is 16. The quantitative estimate of drug-likeness (QED) is 0.191.